The van der Waals surface area contributed by atoms with Crippen LogP contribution in [-0.4, -0.2) is 18.9 Å². The first-order valence-corrected chi connectivity index (χ1v) is 13.0. The molecule has 1 heterocycles. The molecule has 0 amide bonds. The van der Waals surface area contributed by atoms with E-state index in [4.69, 9.17) is 0 Å². The molecule has 0 bridgehead atoms. The van der Waals surface area contributed by atoms with Gasteiger partial charge >= 0.3 is 0 Å². The number of carbonyl (C=O) groups excluding carboxylic acids is 1. The summed E-state index contributed by atoms with van der Waals surface area (Å²) in [5.74, 6) is 0.811. The van der Waals surface area contributed by atoms with Crippen molar-refractivity contribution in [3.05, 3.63) is 112 Å². The highest BCUT2D eigenvalue weighted by atomic mass is 16.1. The second kappa shape index (κ2) is 11.1. The largest absolute Gasteiger partial charge is 0.372 e. The van der Waals surface area contributed by atoms with Gasteiger partial charge in [0.2, 0.25) is 0 Å². The Morgan fingerprint density at radius 3 is 2.49 bits per heavy atom. The zero-order chi connectivity index (χ0) is 24.9. The lowest BCUT2D eigenvalue weighted by Crippen LogP contribution is -2.32. The Morgan fingerprint density at radius 2 is 1.77 bits per heavy atom. The van der Waals surface area contributed by atoms with Crippen molar-refractivity contribution in [3.63, 3.8) is 0 Å². The fourth-order valence-corrected chi connectivity index (χ4v) is 5.10. The minimum atomic E-state index is -0.189. The third kappa shape index (κ3) is 6.31. The quantitative estimate of drug-likeness (QED) is 0.440. The van der Waals surface area contributed by atoms with Crippen LogP contribution < -0.4 is 4.90 Å². The van der Waals surface area contributed by atoms with E-state index in [9.17, 15) is 4.79 Å². The summed E-state index contributed by atoms with van der Waals surface area (Å²) in [6, 6.07) is 15.5. The van der Waals surface area contributed by atoms with Crippen molar-refractivity contribution in [2.45, 2.75) is 53.4 Å². The highest BCUT2D eigenvalue weighted by Gasteiger charge is 2.25. The third-order valence-electron chi connectivity index (χ3n) is 7.61. The van der Waals surface area contributed by atoms with Gasteiger partial charge in [-0.2, -0.15) is 0 Å². The monoisotopic (exact) mass is 465 g/mol. The number of nitrogens with zero attached hydrogens (tertiary/aromatic N) is 1. The summed E-state index contributed by atoms with van der Waals surface area (Å²) in [4.78, 5) is 15.2. The Bertz CT molecular complexity index is 1170. The zero-order valence-corrected chi connectivity index (χ0v) is 21.8. The lowest BCUT2D eigenvalue weighted by atomic mass is 9.80. The number of rotatable bonds is 6. The fourth-order valence-electron chi connectivity index (χ4n) is 5.10. The van der Waals surface area contributed by atoms with Gasteiger partial charge in [0, 0.05) is 18.8 Å². The van der Waals surface area contributed by atoms with Gasteiger partial charge in [0.15, 0.2) is 5.78 Å². The molecule has 1 atom stereocenters. The summed E-state index contributed by atoms with van der Waals surface area (Å²) >= 11 is 0. The van der Waals surface area contributed by atoms with Gasteiger partial charge in [-0.25, -0.2) is 0 Å². The van der Waals surface area contributed by atoms with Gasteiger partial charge in [-0.05, 0) is 98.4 Å². The number of benzene rings is 2. The zero-order valence-electron chi connectivity index (χ0n) is 21.8. The van der Waals surface area contributed by atoms with Crippen LogP contribution in [0, 0.1) is 25.7 Å². The van der Waals surface area contributed by atoms with Crippen LogP contribution in [0.2, 0.25) is 0 Å². The minimum Gasteiger partial charge on any atom is -0.372 e. The van der Waals surface area contributed by atoms with Gasteiger partial charge in [0.25, 0.3) is 0 Å². The van der Waals surface area contributed by atoms with Crippen molar-refractivity contribution < 1.29 is 4.79 Å². The molecule has 35 heavy (non-hydrogen) atoms. The molecule has 2 heteroatoms. The van der Waals surface area contributed by atoms with E-state index in [0.717, 1.165) is 36.6 Å². The van der Waals surface area contributed by atoms with Crippen molar-refractivity contribution in [3.8, 4) is 0 Å². The van der Waals surface area contributed by atoms with E-state index in [2.05, 4.69) is 93.8 Å². The first-order valence-electron chi connectivity index (χ1n) is 13.0. The van der Waals surface area contributed by atoms with E-state index in [1.165, 1.54) is 46.4 Å². The molecule has 2 aliphatic rings. The maximum absolute atomic E-state index is 12.7. The van der Waals surface area contributed by atoms with Gasteiger partial charge in [0.1, 0.15) is 0 Å². The van der Waals surface area contributed by atoms with Crippen LogP contribution in [0.1, 0.15) is 48.9 Å². The average molecular weight is 466 g/mol. The number of allylic oxidation sites excluding steroid dienone is 7. The van der Waals surface area contributed by atoms with E-state index in [1.54, 1.807) is 6.08 Å². The molecule has 0 saturated carbocycles. The topological polar surface area (TPSA) is 20.3 Å². The maximum Gasteiger partial charge on any atom is 0.163 e. The van der Waals surface area contributed by atoms with E-state index < -0.39 is 0 Å². The summed E-state index contributed by atoms with van der Waals surface area (Å²) in [5, 5.41) is 0. The van der Waals surface area contributed by atoms with Crippen LogP contribution in [0.5, 0.6) is 0 Å². The van der Waals surface area contributed by atoms with Crippen molar-refractivity contribution >= 4 is 11.5 Å². The molecular formula is C33H39NO. The Kier molecular flexibility index (Phi) is 7.90. The molecule has 1 aliphatic heterocycles. The number of aryl methyl sites for hydroxylation is 2. The first-order chi connectivity index (χ1) is 16.8. The van der Waals surface area contributed by atoms with Crippen LogP contribution in [0.3, 0.4) is 0 Å². The van der Waals surface area contributed by atoms with Crippen LogP contribution in [0.15, 0.2) is 90.1 Å². The number of piperidine rings is 1. The first kappa shape index (κ1) is 25.0. The number of anilines is 1. The summed E-state index contributed by atoms with van der Waals surface area (Å²) in [6.45, 7) is 15.4. The second-order valence-electron chi connectivity index (χ2n) is 10.6. The third-order valence-corrected chi connectivity index (χ3v) is 7.61. The Balaban J connectivity index is 1.41. The van der Waals surface area contributed by atoms with E-state index in [0.29, 0.717) is 6.42 Å². The lowest BCUT2D eigenvalue weighted by Gasteiger charge is -2.32. The van der Waals surface area contributed by atoms with Crippen LogP contribution in [-0.2, 0) is 17.6 Å². The number of hydrogen-bond donors (Lipinski definition) is 0. The predicted molar refractivity (Wildman–Crippen MR) is 149 cm³/mol. The van der Waals surface area contributed by atoms with Crippen LogP contribution in [0.4, 0.5) is 5.69 Å². The van der Waals surface area contributed by atoms with Crippen molar-refractivity contribution in [2.24, 2.45) is 11.8 Å². The van der Waals surface area contributed by atoms with Gasteiger partial charge in [-0.1, -0.05) is 73.2 Å². The molecule has 0 spiro atoms. The fraction of sp³-hybridized carbons (Fsp3) is 0.364. The number of carbonyl (C=O) groups is 1. The second-order valence-corrected chi connectivity index (χ2v) is 10.6. The molecule has 1 saturated heterocycles. The molecule has 2 nitrogen and oxygen atoms in total. The molecule has 0 aromatic heterocycles. The highest BCUT2D eigenvalue weighted by Crippen LogP contribution is 2.30. The molecule has 0 N–H and O–H groups in total. The lowest BCUT2D eigenvalue weighted by molar-refractivity contribution is -0.117. The van der Waals surface area contributed by atoms with E-state index in [1.807, 2.05) is 6.08 Å². The van der Waals surface area contributed by atoms with Crippen molar-refractivity contribution in [1.29, 1.82) is 0 Å². The predicted octanol–water partition coefficient (Wildman–Crippen LogP) is 7.51. The standard InChI is InChI=1S/C33H39NO/c1-23-16-18-34(19-17-23)31-13-9-28(10-14-31)20-24(2)7-11-29-12-15-33(35)32(27(29)5)22-30-21-25(3)6-8-26(30)4/h6-15,21,23,32H,5,16-20,22H2,1-4H3/b24-7+,29-11-. The number of hydrogen-bond acceptors (Lipinski definition) is 2. The Morgan fingerprint density at radius 1 is 1.06 bits per heavy atom. The van der Waals surface area contributed by atoms with Crippen LogP contribution in [0.25, 0.3) is 0 Å². The minimum absolute atomic E-state index is 0.150. The van der Waals surface area contributed by atoms with Crippen molar-refractivity contribution in [1.82, 2.24) is 0 Å². The molecule has 4 rings (SSSR count). The normalized spacial score (nSPS) is 20.7. The molecule has 0 radical (unpaired) electrons. The van der Waals surface area contributed by atoms with E-state index in [-0.39, 0.29) is 11.7 Å². The van der Waals surface area contributed by atoms with Crippen LogP contribution >= 0.6 is 0 Å². The number of ketones is 1. The van der Waals surface area contributed by atoms with Gasteiger partial charge < -0.3 is 4.90 Å². The highest BCUT2D eigenvalue weighted by molar-refractivity contribution is 5.97. The Hall–Kier alpha value is -3.13. The molecule has 1 unspecified atom stereocenters. The molecule has 2 aromatic rings. The van der Waals surface area contributed by atoms with E-state index >= 15 is 0 Å². The smallest absolute Gasteiger partial charge is 0.163 e. The van der Waals surface area contributed by atoms with Crippen molar-refractivity contribution in [2.75, 3.05) is 18.0 Å². The molecule has 1 aliphatic carbocycles. The molecular weight excluding hydrogens is 426 g/mol. The average Bonchev–Trinajstić information content (AvgIpc) is 2.84. The summed E-state index contributed by atoms with van der Waals surface area (Å²) < 4.78 is 0. The summed E-state index contributed by atoms with van der Waals surface area (Å²) in [7, 11) is 0. The molecule has 182 valence electrons. The molecule has 2 aromatic carbocycles. The summed E-state index contributed by atoms with van der Waals surface area (Å²) in [5.41, 5.74) is 9.61. The summed E-state index contributed by atoms with van der Waals surface area (Å²) in [6.07, 6.45) is 12.1. The van der Waals surface area contributed by atoms with Gasteiger partial charge in [-0.3, -0.25) is 4.79 Å². The SMILES string of the molecule is C=C1/C(=C\C=C(/C)Cc2ccc(N3CCC(C)CC3)cc2)C=CC(=O)C1Cc1cc(C)ccc1C. The van der Waals surface area contributed by atoms with Gasteiger partial charge in [-0.15, -0.1) is 0 Å². The Labute approximate surface area is 211 Å². The maximum atomic E-state index is 12.7. The molecule has 1 fully saturated rings. The van der Waals surface area contributed by atoms with Gasteiger partial charge in [0.05, 0.1) is 5.92 Å².